The molecule has 18 nitrogen and oxygen atoms in total. The Morgan fingerprint density at radius 1 is 0.776 bits per heavy atom. The molecule has 0 radical (unpaired) electrons. The molecular formula is C44H41F3N14O4S2. The third-order valence-electron chi connectivity index (χ3n) is 11.7. The number of nitrogens with zero attached hydrogens (tertiary/aromatic N) is 10. The van der Waals surface area contributed by atoms with Crippen LogP contribution in [0.4, 0.5) is 24.5 Å². The summed E-state index contributed by atoms with van der Waals surface area (Å²) in [5.74, 6) is -0.961. The molecule has 0 spiro atoms. The molecule has 8 aromatic heterocycles. The van der Waals surface area contributed by atoms with Crippen molar-refractivity contribution < 1.29 is 32.2 Å². The van der Waals surface area contributed by atoms with Crippen LogP contribution in [0.15, 0.2) is 78.3 Å². The van der Waals surface area contributed by atoms with Crippen LogP contribution in [-0.4, -0.2) is 97.1 Å². The van der Waals surface area contributed by atoms with E-state index < -0.39 is 17.8 Å². The molecule has 2 amide bonds. The van der Waals surface area contributed by atoms with Crippen LogP contribution < -0.4 is 10.6 Å². The van der Waals surface area contributed by atoms with Crippen LogP contribution in [0.25, 0.3) is 43.9 Å². The van der Waals surface area contributed by atoms with Crippen molar-refractivity contribution in [3.05, 3.63) is 107 Å². The first-order valence-electron chi connectivity index (χ1n) is 21.4. The summed E-state index contributed by atoms with van der Waals surface area (Å²) in [6.45, 7) is 4.92. The number of nitrogens with one attached hydrogen (secondary N) is 4. The number of H-pyrrole nitrogens is 2. The number of amides is 2. The van der Waals surface area contributed by atoms with Crippen molar-refractivity contribution in [1.82, 2.24) is 59.9 Å². The van der Waals surface area contributed by atoms with E-state index in [2.05, 4.69) is 40.9 Å². The molecule has 0 unspecified atom stereocenters. The highest BCUT2D eigenvalue weighted by Gasteiger charge is 2.38. The van der Waals surface area contributed by atoms with Gasteiger partial charge >= 0.3 is 6.18 Å². The molecule has 23 heteroatoms. The number of pyridine rings is 2. The molecule has 2 fully saturated rings. The van der Waals surface area contributed by atoms with Gasteiger partial charge in [0.2, 0.25) is 0 Å². The molecule has 344 valence electrons. The van der Waals surface area contributed by atoms with E-state index in [1.807, 2.05) is 60.2 Å². The van der Waals surface area contributed by atoms with Crippen molar-refractivity contribution in [2.75, 3.05) is 23.8 Å². The molecule has 2 aliphatic carbocycles. The molecule has 10 rings (SSSR count). The zero-order valence-electron chi connectivity index (χ0n) is 35.8. The fourth-order valence-electron chi connectivity index (χ4n) is 7.90. The van der Waals surface area contributed by atoms with Gasteiger partial charge in [-0.1, -0.05) is 12.1 Å². The van der Waals surface area contributed by atoms with Gasteiger partial charge in [0, 0.05) is 47.8 Å². The summed E-state index contributed by atoms with van der Waals surface area (Å²) in [5.41, 5.74) is 4.68. The molecule has 2 aliphatic rings. The highest BCUT2D eigenvalue weighted by molar-refractivity contribution is 7.13. The molecule has 4 N–H and O–H groups in total. The second-order valence-electron chi connectivity index (χ2n) is 16.1. The Hall–Kier alpha value is -6.95. The summed E-state index contributed by atoms with van der Waals surface area (Å²) in [4.78, 5) is 44.8. The number of ether oxygens (including phenoxy) is 2. The maximum absolute atomic E-state index is 13.5. The Bertz CT molecular complexity index is 3020. The van der Waals surface area contributed by atoms with Gasteiger partial charge in [-0.15, -0.1) is 22.7 Å². The van der Waals surface area contributed by atoms with Crippen molar-refractivity contribution in [1.29, 1.82) is 0 Å². The van der Waals surface area contributed by atoms with Gasteiger partial charge in [-0.3, -0.25) is 39.1 Å². The maximum atomic E-state index is 13.5. The zero-order chi connectivity index (χ0) is 46.2. The van der Waals surface area contributed by atoms with Crippen molar-refractivity contribution in [3.8, 4) is 43.9 Å². The number of carbonyl (C=O) groups excluding carboxylic acids is 2. The lowest BCUT2D eigenvalue weighted by Crippen LogP contribution is -2.34. The van der Waals surface area contributed by atoms with E-state index in [0.717, 1.165) is 60.0 Å². The van der Waals surface area contributed by atoms with Crippen molar-refractivity contribution >= 4 is 45.9 Å². The average molecular weight is 951 g/mol. The minimum absolute atomic E-state index is 0.00524. The Morgan fingerprint density at radius 3 is 1.93 bits per heavy atom. The van der Waals surface area contributed by atoms with E-state index in [0.29, 0.717) is 64.5 Å². The first-order chi connectivity index (χ1) is 32.5. The first kappa shape index (κ1) is 43.9. The van der Waals surface area contributed by atoms with Crippen molar-refractivity contribution in [2.24, 2.45) is 0 Å². The fraction of sp³-hybridized carbons (Fsp3) is 0.318. The third-order valence-corrected chi connectivity index (χ3v) is 13.4. The van der Waals surface area contributed by atoms with Gasteiger partial charge in [0.25, 0.3) is 11.8 Å². The summed E-state index contributed by atoms with van der Waals surface area (Å²) in [6, 6.07) is 9.43. The number of aryl methyl sites for hydroxylation is 1. The molecule has 0 bridgehead atoms. The molecule has 0 atom stereocenters. The number of halogens is 3. The van der Waals surface area contributed by atoms with Crippen LogP contribution in [0.2, 0.25) is 0 Å². The van der Waals surface area contributed by atoms with Gasteiger partial charge < -0.3 is 20.1 Å². The number of carbonyl (C=O) groups is 2. The summed E-state index contributed by atoms with van der Waals surface area (Å²) < 4.78 is 56.2. The third kappa shape index (κ3) is 9.26. The topological polar surface area (TPSA) is 221 Å². The number of anilines is 2. The van der Waals surface area contributed by atoms with Crippen molar-refractivity contribution in [3.63, 3.8) is 0 Å². The second-order valence-corrected chi connectivity index (χ2v) is 17.8. The maximum Gasteiger partial charge on any atom is 0.433 e. The minimum Gasteiger partial charge on any atom is -0.378 e. The quantitative estimate of drug-likeness (QED) is 0.0717. The average Bonchev–Trinajstić information content (AvgIpc) is 4.15. The van der Waals surface area contributed by atoms with E-state index in [-0.39, 0.29) is 46.5 Å². The van der Waals surface area contributed by atoms with Gasteiger partial charge in [0.05, 0.1) is 77.2 Å². The Balaban J connectivity index is 0.768. The first-order valence-corrected chi connectivity index (χ1v) is 23.2. The predicted molar refractivity (Wildman–Crippen MR) is 241 cm³/mol. The van der Waals surface area contributed by atoms with Gasteiger partial charge in [0.1, 0.15) is 38.5 Å². The largest absolute Gasteiger partial charge is 0.433 e. The molecule has 8 heterocycles. The van der Waals surface area contributed by atoms with Crippen LogP contribution in [0.5, 0.6) is 0 Å². The lowest BCUT2D eigenvalue weighted by Gasteiger charge is -2.35. The highest BCUT2D eigenvalue weighted by atomic mass is 32.1. The number of rotatable bonds is 16. The van der Waals surface area contributed by atoms with Crippen LogP contribution in [0.3, 0.4) is 0 Å². The summed E-state index contributed by atoms with van der Waals surface area (Å²) >= 11 is 2.28. The Labute approximate surface area is 387 Å². The predicted octanol–water partition coefficient (Wildman–Crippen LogP) is 8.43. The SMILES string of the molecule is CCOC1CC(n2cc(NC(=O)c3csc(-c4cn[nH]c4C(F)(F)F)n3)c(-c3ccc(CCOC4CC(n5cc(NC(=O)c6csc(-c7cn[nH]c7C)n6)c(-c6ccccn6)n5)C4)cn3)n2)C1. The Morgan fingerprint density at radius 2 is 1.37 bits per heavy atom. The molecule has 0 aromatic carbocycles. The second kappa shape index (κ2) is 18.4. The molecule has 0 saturated heterocycles. The van der Waals surface area contributed by atoms with E-state index >= 15 is 0 Å². The van der Waals surface area contributed by atoms with Crippen LogP contribution in [-0.2, 0) is 22.1 Å². The number of hydrogen-bond acceptors (Lipinski definition) is 14. The Kier molecular flexibility index (Phi) is 12.0. The minimum atomic E-state index is -4.67. The van der Waals surface area contributed by atoms with Crippen LogP contribution in [0, 0.1) is 6.92 Å². The summed E-state index contributed by atoms with van der Waals surface area (Å²) in [7, 11) is 0. The summed E-state index contributed by atoms with van der Waals surface area (Å²) in [5, 5.41) is 31.8. The van der Waals surface area contributed by atoms with E-state index in [1.165, 1.54) is 16.7 Å². The molecule has 67 heavy (non-hydrogen) atoms. The van der Waals surface area contributed by atoms with E-state index in [4.69, 9.17) is 24.7 Å². The van der Waals surface area contributed by atoms with Crippen LogP contribution >= 0.6 is 22.7 Å². The number of hydrogen-bond donors (Lipinski definition) is 4. The monoisotopic (exact) mass is 950 g/mol. The number of aromatic amines is 2. The molecule has 2 saturated carbocycles. The molecular weight excluding hydrogens is 910 g/mol. The number of aromatic nitrogens is 12. The van der Waals surface area contributed by atoms with Crippen LogP contribution in [0.1, 0.15) is 82.6 Å². The van der Waals surface area contributed by atoms with Crippen molar-refractivity contribution in [2.45, 2.75) is 76.4 Å². The smallest absolute Gasteiger partial charge is 0.378 e. The van der Waals surface area contributed by atoms with Gasteiger partial charge in [-0.05, 0) is 69.7 Å². The molecule has 8 aromatic rings. The van der Waals surface area contributed by atoms with Gasteiger partial charge in [-0.2, -0.15) is 33.6 Å². The lowest BCUT2D eigenvalue weighted by atomic mass is 9.89. The highest BCUT2D eigenvalue weighted by Crippen LogP contribution is 2.40. The van der Waals surface area contributed by atoms with E-state index in [9.17, 15) is 22.8 Å². The van der Waals surface area contributed by atoms with E-state index in [1.54, 1.807) is 34.8 Å². The zero-order valence-corrected chi connectivity index (χ0v) is 37.5. The normalized spacial score (nSPS) is 18.1. The summed E-state index contributed by atoms with van der Waals surface area (Å²) in [6.07, 6.45) is 8.79. The van der Waals surface area contributed by atoms with Gasteiger partial charge in [-0.25, -0.2) is 9.97 Å². The standard InChI is InChI=1S/C44H41F3N14O4S2/c1-3-64-27-12-25(13-27)60-20-34(53-41(63)36-22-67-43(55-36)30-18-51-57-39(30)44(45,46)47)38(59-60)32-8-7-24(16-49-32)9-11-65-28-14-26(15-28)61-19-33(37(58-61)31-6-4-5-10-48-31)52-40(62)35-21-66-42(54-35)29-17-50-56-23(29)2/h4-8,10,16-22,25-28H,3,9,11-15H2,1-2H3,(H,50,56)(H,51,57)(H,52,62)(H,53,63). The lowest BCUT2D eigenvalue weighted by molar-refractivity contribution is -0.140. The van der Waals surface area contributed by atoms with Gasteiger partial charge in [0.15, 0.2) is 0 Å². The molecule has 0 aliphatic heterocycles. The fourth-order valence-corrected chi connectivity index (χ4v) is 9.58. The number of thiazole rings is 2. The number of alkyl halides is 3.